The fourth-order valence-electron chi connectivity index (χ4n) is 2.79. The van der Waals surface area contributed by atoms with Crippen molar-refractivity contribution in [2.75, 3.05) is 25.5 Å². The average Bonchev–Trinajstić information content (AvgIpc) is 2.67. The lowest BCUT2D eigenvalue weighted by Gasteiger charge is -2.19. The van der Waals surface area contributed by atoms with Crippen LogP contribution in [0.25, 0.3) is 0 Å². The number of nitrogens with zero attached hydrogens (tertiary/aromatic N) is 2. The Kier molecular flexibility index (Phi) is 7.91. The van der Waals surface area contributed by atoms with Gasteiger partial charge in [0, 0.05) is 26.2 Å². The lowest BCUT2D eigenvalue weighted by Crippen LogP contribution is -2.37. The molecule has 9 heteroatoms. The third-order valence-electron chi connectivity index (χ3n) is 4.65. The molecule has 2 amide bonds. The molecule has 2 aromatic rings. The van der Waals surface area contributed by atoms with Crippen molar-refractivity contribution in [1.29, 1.82) is 0 Å². The molecule has 168 valence electrons. The minimum Gasteiger partial charge on any atom is -0.336 e. The molecule has 1 aromatic carbocycles. The van der Waals surface area contributed by atoms with Crippen molar-refractivity contribution >= 4 is 27.7 Å². The average molecular weight is 447 g/mol. The minimum absolute atomic E-state index is 0.0619. The molecule has 0 radical (unpaired) electrons. The number of carbonyl (C=O) groups is 2. The summed E-state index contributed by atoms with van der Waals surface area (Å²) in [5.41, 5.74) is 1.91. The zero-order valence-electron chi connectivity index (χ0n) is 18.6. The number of amides is 2. The molecule has 0 spiro atoms. The molecule has 0 aliphatic rings. The standard InChI is InChI=1S/C22H30N4O4S/c1-16-10-12-23-19(14-16)25-20(27)15-26(5)21(28)11-13-24-31(29,30)18-8-6-17(7-9-18)22(2,3)4/h6-10,12,14,24H,11,13,15H2,1-5H3,(H,23,25,27). The summed E-state index contributed by atoms with van der Waals surface area (Å²) in [6, 6.07) is 10.2. The number of hydrogen-bond acceptors (Lipinski definition) is 5. The van der Waals surface area contributed by atoms with Crippen LogP contribution >= 0.6 is 0 Å². The number of benzene rings is 1. The number of likely N-dealkylation sites (N-methyl/N-ethyl adjacent to an activating group) is 1. The number of sulfonamides is 1. The van der Waals surface area contributed by atoms with Gasteiger partial charge in [-0.3, -0.25) is 9.59 Å². The first-order valence-corrected chi connectivity index (χ1v) is 11.4. The number of nitrogens with one attached hydrogen (secondary N) is 2. The predicted octanol–water partition coefficient (Wildman–Crippen LogP) is 2.45. The van der Waals surface area contributed by atoms with Gasteiger partial charge in [-0.15, -0.1) is 0 Å². The number of carbonyl (C=O) groups excluding carboxylic acids is 2. The fourth-order valence-corrected chi connectivity index (χ4v) is 3.82. The van der Waals surface area contributed by atoms with Crippen LogP contribution in [0.2, 0.25) is 0 Å². The van der Waals surface area contributed by atoms with E-state index < -0.39 is 10.0 Å². The largest absolute Gasteiger partial charge is 0.336 e. The van der Waals surface area contributed by atoms with Crippen LogP contribution in [0.4, 0.5) is 5.82 Å². The summed E-state index contributed by atoms with van der Waals surface area (Å²) in [5.74, 6) is -0.317. The smallest absolute Gasteiger partial charge is 0.245 e. The van der Waals surface area contributed by atoms with E-state index in [-0.39, 0.29) is 41.6 Å². The van der Waals surface area contributed by atoms with E-state index >= 15 is 0 Å². The maximum absolute atomic E-state index is 12.4. The van der Waals surface area contributed by atoms with Crippen molar-refractivity contribution in [2.24, 2.45) is 0 Å². The van der Waals surface area contributed by atoms with Crippen LogP contribution in [-0.4, -0.2) is 50.3 Å². The third kappa shape index (κ3) is 7.45. The normalized spacial score (nSPS) is 11.8. The molecule has 0 bridgehead atoms. The number of aryl methyl sites for hydroxylation is 1. The topological polar surface area (TPSA) is 108 Å². The Morgan fingerprint density at radius 1 is 1.10 bits per heavy atom. The highest BCUT2D eigenvalue weighted by Crippen LogP contribution is 2.23. The highest BCUT2D eigenvalue weighted by Gasteiger charge is 2.19. The van der Waals surface area contributed by atoms with Crippen LogP contribution in [0.3, 0.4) is 0 Å². The van der Waals surface area contributed by atoms with Crippen LogP contribution in [0.1, 0.15) is 38.3 Å². The van der Waals surface area contributed by atoms with E-state index in [0.717, 1.165) is 11.1 Å². The molecular formula is C22H30N4O4S. The first-order valence-electron chi connectivity index (χ1n) is 9.95. The molecule has 0 atom stereocenters. The SMILES string of the molecule is Cc1ccnc(NC(=O)CN(C)C(=O)CCNS(=O)(=O)c2ccc(C(C)(C)C)cc2)c1. The van der Waals surface area contributed by atoms with E-state index in [2.05, 4.69) is 35.8 Å². The van der Waals surface area contributed by atoms with Crippen LogP contribution in [0.15, 0.2) is 47.5 Å². The van der Waals surface area contributed by atoms with Gasteiger partial charge in [-0.25, -0.2) is 18.1 Å². The quantitative estimate of drug-likeness (QED) is 0.647. The van der Waals surface area contributed by atoms with E-state index in [0.29, 0.717) is 5.82 Å². The monoisotopic (exact) mass is 446 g/mol. The van der Waals surface area contributed by atoms with Gasteiger partial charge in [0.15, 0.2) is 0 Å². The maximum atomic E-state index is 12.4. The first-order chi connectivity index (χ1) is 14.4. The molecule has 2 N–H and O–H groups in total. The number of pyridine rings is 1. The molecule has 1 heterocycles. The van der Waals surface area contributed by atoms with Crippen molar-refractivity contribution in [3.8, 4) is 0 Å². The molecule has 0 saturated heterocycles. The second kappa shape index (κ2) is 10.0. The van der Waals surface area contributed by atoms with Gasteiger partial charge >= 0.3 is 0 Å². The summed E-state index contributed by atoms with van der Waals surface area (Å²) in [5, 5.41) is 2.63. The van der Waals surface area contributed by atoms with Gasteiger partial charge in [0.05, 0.1) is 11.4 Å². The molecule has 31 heavy (non-hydrogen) atoms. The Hall–Kier alpha value is -2.78. The summed E-state index contributed by atoms with van der Waals surface area (Å²) < 4.78 is 27.3. The van der Waals surface area contributed by atoms with Crippen molar-refractivity contribution in [2.45, 2.75) is 44.4 Å². The zero-order chi connectivity index (χ0) is 23.2. The van der Waals surface area contributed by atoms with Gasteiger partial charge in [0.25, 0.3) is 0 Å². The van der Waals surface area contributed by atoms with Gasteiger partial charge in [-0.2, -0.15) is 0 Å². The molecule has 0 saturated carbocycles. The second-order valence-electron chi connectivity index (χ2n) is 8.44. The summed E-state index contributed by atoms with van der Waals surface area (Å²) in [6.45, 7) is 7.81. The highest BCUT2D eigenvalue weighted by atomic mass is 32.2. The third-order valence-corrected chi connectivity index (χ3v) is 6.13. The first kappa shape index (κ1) is 24.5. The lowest BCUT2D eigenvalue weighted by atomic mass is 9.87. The molecule has 0 fully saturated rings. The van der Waals surface area contributed by atoms with Crippen molar-refractivity contribution in [3.05, 3.63) is 53.7 Å². The predicted molar refractivity (Wildman–Crippen MR) is 120 cm³/mol. The Morgan fingerprint density at radius 3 is 2.32 bits per heavy atom. The zero-order valence-corrected chi connectivity index (χ0v) is 19.4. The molecular weight excluding hydrogens is 416 g/mol. The lowest BCUT2D eigenvalue weighted by molar-refractivity contribution is -0.133. The number of anilines is 1. The molecule has 0 unspecified atom stereocenters. The maximum Gasteiger partial charge on any atom is 0.245 e. The van der Waals surface area contributed by atoms with E-state index in [1.807, 2.05) is 13.0 Å². The van der Waals surface area contributed by atoms with Crippen molar-refractivity contribution in [3.63, 3.8) is 0 Å². The van der Waals surface area contributed by atoms with E-state index in [4.69, 9.17) is 0 Å². The number of hydrogen-bond donors (Lipinski definition) is 2. The summed E-state index contributed by atoms with van der Waals surface area (Å²) in [7, 11) is -2.23. The number of rotatable bonds is 8. The van der Waals surface area contributed by atoms with E-state index in [9.17, 15) is 18.0 Å². The molecule has 0 aliphatic carbocycles. The van der Waals surface area contributed by atoms with Crippen LogP contribution in [0, 0.1) is 6.92 Å². The van der Waals surface area contributed by atoms with Gasteiger partial charge in [-0.05, 0) is 47.7 Å². The Morgan fingerprint density at radius 2 is 1.74 bits per heavy atom. The van der Waals surface area contributed by atoms with Gasteiger partial charge < -0.3 is 10.2 Å². The van der Waals surface area contributed by atoms with E-state index in [1.165, 1.54) is 11.9 Å². The molecule has 2 rings (SSSR count). The summed E-state index contributed by atoms with van der Waals surface area (Å²) in [6.07, 6.45) is 1.52. The number of aromatic nitrogens is 1. The minimum atomic E-state index is -3.72. The Labute approximate surface area is 184 Å². The van der Waals surface area contributed by atoms with Gasteiger partial charge in [0.1, 0.15) is 5.82 Å². The summed E-state index contributed by atoms with van der Waals surface area (Å²) >= 11 is 0. The van der Waals surface area contributed by atoms with Gasteiger partial charge in [-0.1, -0.05) is 32.9 Å². The van der Waals surface area contributed by atoms with Crippen LogP contribution in [0.5, 0.6) is 0 Å². The second-order valence-corrected chi connectivity index (χ2v) is 10.2. The van der Waals surface area contributed by atoms with Crippen molar-refractivity contribution < 1.29 is 18.0 Å². The van der Waals surface area contributed by atoms with Crippen LogP contribution < -0.4 is 10.0 Å². The van der Waals surface area contributed by atoms with Crippen molar-refractivity contribution in [1.82, 2.24) is 14.6 Å². The van der Waals surface area contributed by atoms with E-state index in [1.54, 1.807) is 36.5 Å². The fraction of sp³-hybridized carbons (Fsp3) is 0.409. The van der Waals surface area contributed by atoms with Gasteiger partial charge in [0.2, 0.25) is 21.8 Å². The highest BCUT2D eigenvalue weighted by molar-refractivity contribution is 7.89. The Balaban J connectivity index is 1.83. The summed E-state index contributed by atoms with van der Waals surface area (Å²) in [4.78, 5) is 29.8. The molecule has 8 nitrogen and oxygen atoms in total. The molecule has 1 aromatic heterocycles. The van der Waals surface area contributed by atoms with Crippen LogP contribution in [-0.2, 0) is 25.0 Å². The Bertz CT molecular complexity index is 1030. The molecule has 0 aliphatic heterocycles.